The molecule has 0 amide bonds. The molecular weight excluding hydrogens is 302 g/mol. The van der Waals surface area contributed by atoms with Crippen LogP contribution in [0, 0.1) is 29.4 Å². The minimum Gasteiger partial charge on any atom is -0.207 e. The van der Waals surface area contributed by atoms with Gasteiger partial charge in [0.2, 0.25) is 0 Å². The molecule has 24 heavy (non-hydrogen) atoms. The van der Waals surface area contributed by atoms with E-state index < -0.39 is 0 Å². The average molecular weight is 324 g/mol. The zero-order valence-corrected chi connectivity index (χ0v) is 14.0. The summed E-state index contributed by atoms with van der Waals surface area (Å²) in [6.07, 6.45) is 6.89. The van der Waals surface area contributed by atoms with Crippen molar-refractivity contribution in [1.82, 2.24) is 0 Å². The molecule has 2 aromatic carbocycles. The van der Waals surface area contributed by atoms with Gasteiger partial charge in [-0.05, 0) is 72.7 Å². The Labute approximate surface area is 142 Å². The number of aryl methyl sites for hydroxylation is 1. The van der Waals surface area contributed by atoms with E-state index in [-0.39, 0.29) is 11.6 Å². The van der Waals surface area contributed by atoms with Gasteiger partial charge in [0.25, 0.3) is 0 Å². The van der Waals surface area contributed by atoms with E-state index in [1.807, 2.05) is 6.07 Å². The molecule has 1 aliphatic rings. The summed E-state index contributed by atoms with van der Waals surface area (Å²) in [5.41, 5.74) is 3.50. The Hall–Kier alpha value is -2.14. The molecule has 3 rings (SSSR count). The van der Waals surface area contributed by atoms with Crippen LogP contribution in [0.2, 0.25) is 0 Å². The molecule has 1 aliphatic carbocycles. The van der Waals surface area contributed by atoms with Crippen molar-refractivity contribution >= 4 is 0 Å². The molecule has 0 spiro atoms. The Morgan fingerprint density at radius 3 is 2.58 bits per heavy atom. The SMILES string of the molecule is CCCCC1CCc2cc(C#Cc3ccc(F)cc3)c(F)cc2C1. The number of hydrogen-bond donors (Lipinski definition) is 0. The maximum Gasteiger partial charge on any atom is 0.139 e. The second kappa shape index (κ2) is 7.62. The number of rotatable bonds is 3. The number of fused-ring (bicyclic) bond motifs is 1. The van der Waals surface area contributed by atoms with Gasteiger partial charge in [-0.25, -0.2) is 8.78 Å². The minimum atomic E-state index is -0.293. The van der Waals surface area contributed by atoms with E-state index in [0.29, 0.717) is 17.0 Å². The second-order valence-electron chi connectivity index (χ2n) is 6.61. The highest BCUT2D eigenvalue weighted by Gasteiger charge is 2.19. The van der Waals surface area contributed by atoms with Gasteiger partial charge in [-0.15, -0.1) is 0 Å². The minimum absolute atomic E-state index is 0.250. The van der Waals surface area contributed by atoms with Crippen LogP contribution < -0.4 is 0 Å². The van der Waals surface area contributed by atoms with Crippen LogP contribution in [0.4, 0.5) is 8.78 Å². The predicted octanol–water partition coefficient (Wildman–Crippen LogP) is 5.66. The highest BCUT2D eigenvalue weighted by atomic mass is 19.1. The molecule has 0 heterocycles. The van der Waals surface area contributed by atoms with E-state index in [4.69, 9.17) is 0 Å². The summed E-state index contributed by atoms with van der Waals surface area (Å²) >= 11 is 0. The lowest BCUT2D eigenvalue weighted by Crippen LogP contribution is -2.15. The van der Waals surface area contributed by atoms with Crippen molar-refractivity contribution < 1.29 is 8.78 Å². The molecule has 0 nitrogen and oxygen atoms in total. The smallest absolute Gasteiger partial charge is 0.139 e. The molecule has 0 fully saturated rings. The van der Waals surface area contributed by atoms with Gasteiger partial charge in [0, 0.05) is 5.56 Å². The van der Waals surface area contributed by atoms with Crippen molar-refractivity contribution in [3.8, 4) is 11.8 Å². The number of benzene rings is 2. The number of hydrogen-bond acceptors (Lipinski definition) is 0. The molecule has 1 atom stereocenters. The molecule has 0 aromatic heterocycles. The van der Waals surface area contributed by atoms with Gasteiger partial charge in [-0.1, -0.05) is 38.0 Å². The molecule has 0 saturated heterocycles. The van der Waals surface area contributed by atoms with E-state index in [2.05, 4.69) is 18.8 Å². The van der Waals surface area contributed by atoms with E-state index in [1.54, 1.807) is 18.2 Å². The van der Waals surface area contributed by atoms with E-state index >= 15 is 0 Å². The predicted molar refractivity (Wildman–Crippen MR) is 93.8 cm³/mol. The first-order valence-electron chi connectivity index (χ1n) is 8.74. The zero-order chi connectivity index (χ0) is 16.9. The highest BCUT2D eigenvalue weighted by molar-refractivity contribution is 5.47. The summed E-state index contributed by atoms with van der Waals surface area (Å²) in [7, 11) is 0. The van der Waals surface area contributed by atoms with E-state index in [9.17, 15) is 8.78 Å². The Morgan fingerprint density at radius 1 is 1.04 bits per heavy atom. The van der Waals surface area contributed by atoms with Crippen LogP contribution in [0.3, 0.4) is 0 Å². The lowest BCUT2D eigenvalue weighted by Gasteiger charge is -2.25. The Morgan fingerprint density at radius 2 is 1.83 bits per heavy atom. The van der Waals surface area contributed by atoms with Crippen molar-refractivity contribution in [3.05, 3.63) is 70.3 Å². The quantitative estimate of drug-likeness (QED) is 0.639. The summed E-state index contributed by atoms with van der Waals surface area (Å²) in [6, 6.07) is 9.51. The van der Waals surface area contributed by atoms with Crippen LogP contribution in [-0.4, -0.2) is 0 Å². The first-order chi connectivity index (χ1) is 11.7. The third kappa shape index (κ3) is 4.03. The third-order valence-electron chi connectivity index (χ3n) is 4.77. The van der Waals surface area contributed by atoms with Crippen LogP contribution in [0.1, 0.15) is 54.9 Å². The van der Waals surface area contributed by atoms with Crippen LogP contribution in [0.15, 0.2) is 36.4 Å². The molecule has 0 N–H and O–H groups in total. The molecule has 0 radical (unpaired) electrons. The fourth-order valence-electron chi connectivity index (χ4n) is 3.36. The van der Waals surface area contributed by atoms with Crippen LogP contribution in [0.25, 0.3) is 0 Å². The first-order valence-corrected chi connectivity index (χ1v) is 8.74. The van der Waals surface area contributed by atoms with Gasteiger partial charge in [0.05, 0.1) is 5.56 Å². The third-order valence-corrected chi connectivity index (χ3v) is 4.77. The van der Waals surface area contributed by atoms with Crippen molar-refractivity contribution in [2.45, 2.75) is 45.4 Å². The lowest BCUT2D eigenvalue weighted by molar-refractivity contribution is 0.411. The summed E-state index contributed by atoms with van der Waals surface area (Å²) in [5, 5.41) is 0. The molecular formula is C22H22F2. The zero-order valence-electron chi connectivity index (χ0n) is 14.0. The van der Waals surface area contributed by atoms with Gasteiger partial charge in [0.15, 0.2) is 0 Å². The molecule has 124 valence electrons. The molecule has 2 heteroatoms. The van der Waals surface area contributed by atoms with Gasteiger partial charge in [0.1, 0.15) is 11.6 Å². The summed E-state index contributed by atoms with van der Waals surface area (Å²) < 4.78 is 27.3. The molecule has 0 bridgehead atoms. The van der Waals surface area contributed by atoms with Crippen molar-refractivity contribution in [2.24, 2.45) is 5.92 Å². The lowest BCUT2D eigenvalue weighted by atomic mass is 9.81. The van der Waals surface area contributed by atoms with Gasteiger partial charge >= 0.3 is 0 Å². The number of halogens is 2. The highest BCUT2D eigenvalue weighted by Crippen LogP contribution is 2.30. The van der Waals surface area contributed by atoms with Gasteiger partial charge in [-0.3, -0.25) is 0 Å². The van der Waals surface area contributed by atoms with E-state index in [1.165, 1.54) is 43.4 Å². The van der Waals surface area contributed by atoms with Crippen LogP contribution >= 0.6 is 0 Å². The van der Waals surface area contributed by atoms with Crippen molar-refractivity contribution in [2.75, 3.05) is 0 Å². The normalized spacial score (nSPS) is 16.2. The maximum atomic E-state index is 14.4. The summed E-state index contributed by atoms with van der Waals surface area (Å²) in [5.74, 6) is 5.96. The molecule has 1 unspecified atom stereocenters. The second-order valence-corrected chi connectivity index (χ2v) is 6.61. The molecule has 0 aliphatic heterocycles. The average Bonchev–Trinajstić information content (AvgIpc) is 2.59. The fraction of sp³-hybridized carbons (Fsp3) is 0.364. The van der Waals surface area contributed by atoms with Crippen molar-refractivity contribution in [1.29, 1.82) is 0 Å². The first kappa shape index (κ1) is 16.7. The van der Waals surface area contributed by atoms with Gasteiger partial charge in [-0.2, -0.15) is 0 Å². The standard InChI is InChI=1S/C22H22F2/c1-2-3-4-17-6-9-18-14-19(22(24)15-20(18)13-17)10-5-16-7-11-21(23)12-8-16/h7-8,11-12,14-15,17H,2-4,6,9,13H2,1H3. The Balaban J connectivity index is 1.79. The van der Waals surface area contributed by atoms with Gasteiger partial charge < -0.3 is 0 Å². The largest absolute Gasteiger partial charge is 0.207 e. The topological polar surface area (TPSA) is 0 Å². The number of unbranched alkanes of at least 4 members (excludes halogenated alkanes) is 1. The summed E-state index contributed by atoms with van der Waals surface area (Å²) in [4.78, 5) is 0. The Kier molecular flexibility index (Phi) is 5.30. The molecule has 2 aromatic rings. The maximum absolute atomic E-state index is 14.4. The summed E-state index contributed by atoms with van der Waals surface area (Å²) in [6.45, 7) is 2.21. The van der Waals surface area contributed by atoms with Crippen LogP contribution in [-0.2, 0) is 12.8 Å². The fourth-order valence-corrected chi connectivity index (χ4v) is 3.36. The van der Waals surface area contributed by atoms with Crippen LogP contribution in [0.5, 0.6) is 0 Å². The molecule has 0 saturated carbocycles. The Bertz CT molecular complexity index is 763. The monoisotopic (exact) mass is 324 g/mol. The van der Waals surface area contributed by atoms with E-state index in [0.717, 1.165) is 18.4 Å². The van der Waals surface area contributed by atoms with Crippen molar-refractivity contribution in [3.63, 3.8) is 0 Å².